The summed E-state index contributed by atoms with van der Waals surface area (Å²) < 4.78 is 23.6. The fourth-order valence-electron chi connectivity index (χ4n) is 4.50. The molecule has 5 aromatic rings. The van der Waals surface area contributed by atoms with Crippen LogP contribution in [0, 0.1) is 5.82 Å². The first-order chi connectivity index (χ1) is 17.3. The molecule has 0 spiro atoms. The van der Waals surface area contributed by atoms with Crippen molar-refractivity contribution in [3.8, 4) is 16.9 Å². The minimum atomic E-state index is -0.389. The highest BCUT2D eigenvalue weighted by Crippen LogP contribution is 2.36. The Bertz CT molecular complexity index is 1570. The molecule has 0 amide bonds. The van der Waals surface area contributed by atoms with Crippen molar-refractivity contribution < 1.29 is 9.13 Å². The zero-order valence-electron chi connectivity index (χ0n) is 21.0. The number of anilines is 2. The second kappa shape index (κ2) is 9.54. The highest BCUT2D eigenvalue weighted by molar-refractivity contribution is 6.42. The van der Waals surface area contributed by atoms with Gasteiger partial charge in [-0.2, -0.15) is 5.10 Å². The van der Waals surface area contributed by atoms with Crippen LogP contribution in [0.15, 0.2) is 55.2 Å². The van der Waals surface area contributed by atoms with Gasteiger partial charge in [-0.1, -0.05) is 5.46 Å². The molecule has 0 aliphatic rings. The summed E-state index contributed by atoms with van der Waals surface area (Å²) in [5, 5.41) is 8.65. The Morgan fingerprint density at radius 1 is 1.19 bits per heavy atom. The quantitative estimate of drug-likeness (QED) is 0.357. The molecule has 5 rings (SSSR count). The summed E-state index contributed by atoms with van der Waals surface area (Å²) in [6, 6.07) is 8.88. The highest BCUT2D eigenvalue weighted by atomic mass is 19.1. The molecule has 0 fully saturated rings. The smallest absolute Gasteiger partial charge is 0.156 e. The van der Waals surface area contributed by atoms with Gasteiger partial charge in [0, 0.05) is 36.9 Å². The van der Waals surface area contributed by atoms with Crippen molar-refractivity contribution in [2.24, 2.45) is 7.05 Å². The number of benzene rings is 2. The van der Waals surface area contributed by atoms with Gasteiger partial charge in [0.2, 0.25) is 0 Å². The fraction of sp³-hybridized carbons (Fsp3) is 0.231. The van der Waals surface area contributed by atoms with Crippen molar-refractivity contribution in [1.82, 2.24) is 29.6 Å². The van der Waals surface area contributed by atoms with E-state index in [0.29, 0.717) is 33.5 Å². The first kappa shape index (κ1) is 23.7. The van der Waals surface area contributed by atoms with Crippen LogP contribution in [0.2, 0.25) is 0 Å². The number of fused-ring (bicyclic) bond motifs is 2. The third-order valence-corrected chi connectivity index (χ3v) is 6.07. The molecule has 10 heteroatoms. The monoisotopic (exact) mass is 483 g/mol. The summed E-state index contributed by atoms with van der Waals surface area (Å²) in [4.78, 5) is 15.4. The molecule has 3 heterocycles. The number of rotatable bonds is 7. The zero-order valence-corrected chi connectivity index (χ0v) is 21.0. The summed E-state index contributed by atoms with van der Waals surface area (Å²) >= 11 is 0. The molecule has 0 bridgehead atoms. The van der Waals surface area contributed by atoms with E-state index in [4.69, 9.17) is 4.74 Å². The number of hydrogen-bond donors (Lipinski definition) is 1. The van der Waals surface area contributed by atoms with Crippen molar-refractivity contribution in [3.05, 3.63) is 61.1 Å². The molecule has 0 radical (unpaired) electrons. The Morgan fingerprint density at radius 2 is 2.03 bits per heavy atom. The Kier molecular flexibility index (Phi) is 6.28. The van der Waals surface area contributed by atoms with Crippen molar-refractivity contribution in [1.29, 1.82) is 0 Å². The molecule has 0 saturated carbocycles. The number of hydrogen-bond acceptors (Lipinski definition) is 7. The average Bonchev–Trinajstić information content (AvgIpc) is 3.28. The number of aromatic nitrogens is 5. The van der Waals surface area contributed by atoms with Crippen LogP contribution in [0.1, 0.15) is 6.92 Å². The van der Waals surface area contributed by atoms with E-state index in [0.717, 1.165) is 28.7 Å². The highest BCUT2D eigenvalue weighted by Gasteiger charge is 2.20. The molecule has 3 aromatic heterocycles. The van der Waals surface area contributed by atoms with Gasteiger partial charge in [-0.3, -0.25) is 9.67 Å². The van der Waals surface area contributed by atoms with E-state index in [1.807, 2.05) is 54.4 Å². The number of likely N-dealkylation sites (N-methyl/N-ethyl adjacent to an activating group) is 1. The van der Waals surface area contributed by atoms with Crippen LogP contribution in [-0.4, -0.2) is 64.2 Å². The van der Waals surface area contributed by atoms with Crippen LogP contribution in [0.4, 0.5) is 15.9 Å². The molecule has 1 atom stereocenters. The lowest BCUT2D eigenvalue weighted by molar-refractivity contribution is 0.179. The lowest BCUT2D eigenvalue weighted by atomic mass is 9.85. The molecule has 36 heavy (non-hydrogen) atoms. The largest absolute Gasteiger partial charge is 0.489 e. The van der Waals surface area contributed by atoms with E-state index in [1.54, 1.807) is 35.1 Å². The van der Waals surface area contributed by atoms with E-state index in [-0.39, 0.29) is 11.9 Å². The van der Waals surface area contributed by atoms with Crippen LogP contribution < -0.4 is 15.5 Å². The number of ether oxygens (including phenoxy) is 1. The molecular weight excluding hydrogens is 456 g/mol. The Balaban J connectivity index is 1.68. The van der Waals surface area contributed by atoms with Crippen molar-refractivity contribution >= 4 is 46.6 Å². The number of nitrogens with zero attached hydrogens (tertiary/aromatic N) is 6. The summed E-state index contributed by atoms with van der Waals surface area (Å²) in [5.74, 6) is 0.698. The third kappa shape index (κ3) is 4.47. The van der Waals surface area contributed by atoms with Gasteiger partial charge in [-0.15, -0.1) is 0 Å². The van der Waals surface area contributed by atoms with Gasteiger partial charge in [-0.05, 0) is 56.9 Å². The van der Waals surface area contributed by atoms with Crippen LogP contribution in [-0.2, 0) is 7.05 Å². The van der Waals surface area contributed by atoms with Gasteiger partial charge in [0.15, 0.2) is 5.82 Å². The number of aryl methyl sites for hydroxylation is 1. The van der Waals surface area contributed by atoms with Crippen molar-refractivity contribution in [2.75, 3.05) is 26.0 Å². The van der Waals surface area contributed by atoms with E-state index < -0.39 is 0 Å². The lowest BCUT2D eigenvalue weighted by Gasteiger charge is -2.22. The predicted octanol–water partition coefficient (Wildman–Crippen LogP) is 3.05. The van der Waals surface area contributed by atoms with Crippen LogP contribution in [0.3, 0.4) is 0 Å². The average molecular weight is 483 g/mol. The molecule has 0 aliphatic heterocycles. The normalized spacial score (nSPS) is 12.4. The molecule has 0 saturated heterocycles. The topological polar surface area (TPSA) is 81.0 Å². The van der Waals surface area contributed by atoms with Crippen molar-refractivity contribution in [2.45, 2.75) is 13.0 Å². The predicted molar refractivity (Wildman–Crippen MR) is 144 cm³/mol. The number of nitrogens with one attached hydrogen (secondary N) is 1. The Morgan fingerprint density at radius 3 is 2.78 bits per heavy atom. The van der Waals surface area contributed by atoms with Crippen LogP contribution >= 0.6 is 0 Å². The second-order valence-electron chi connectivity index (χ2n) is 9.21. The summed E-state index contributed by atoms with van der Waals surface area (Å²) in [7, 11) is 7.90. The maximum atomic E-state index is 15.4. The summed E-state index contributed by atoms with van der Waals surface area (Å²) in [5.41, 5.74) is 4.50. The van der Waals surface area contributed by atoms with Gasteiger partial charge in [-0.25, -0.2) is 14.4 Å². The van der Waals surface area contributed by atoms with Crippen molar-refractivity contribution in [3.63, 3.8) is 0 Å². The van der Waals surface area contributed by atoms with E-state index in [9.17, 15) is 0 Å². The van der Waals surface area contributed by atoms with Gasteiger partial charge >= 0.3 is 0 Å². The van der Waals surface area contributed by atoms with Crippen LogP contribution in [0.5, 0.6) is 5.75 Å². The molecule has 0 unspecified atom stereocenters. The van der Waals surface area contributed by atoms with E-state index in [2.05, 4.69) is 30.3 Å². The minimum absolute atomic E-state index is 0.107. The third-order valence-electron chi connectivity index (χ3n) is 6.07. The minimum Gasteiger partial charge on any atom is -0.489 e. The molecule has 2 aromatic carbocycles. The molecular formula is C26H27BFN7O. The molecule has 182 valence electrons. The van der Waals surface area contributed by atoms with Gasteiger partial charge < -0.3 is 15.0 Å². The summed E-state index contributed by atoms with van der Waals surface area (Å²) in [6.45, 7) is 2.74. The van der Waals surface area contributed by atoms with Gasteiger partial charge in [0.1, 0.15) is 31.8 Å². The Labute approximate surface area is 209 Å². The standard InChI is InChI=1S/C26H27BFN7O/c1-15(12-34(2)3)36-21-10-18(16-11-32-35(4)13-16)23(27)25-22(21)26(31-14-30-25)33-20-8-7-19-17(24(20)28)6-5-9-29-19/h5-11,13-15H,12,27H2,1-4H3,(H,30,31,33)/t15-/m1/s1. The van der Waals surface area contributed by atoms with Gasteiger partial charge in [0.25, 0.3) is 0 Å². The fourth-order valence-corrected chi connectivity index (χ4v) is 4.50. The second-order valence-corrected chi connectivity index (χ2v) is 9.21. The molecule has 0 aliphatic carbocycles. The van der Waals surface area contributed by atoms with Gasteiger partial charge in [0.05, 0.1) is 28.3 Å². The van der Waals surface area contributed by atoms with E-state index in [1.165, 1.54) is 6.33 Å². The lowest BCUT2D eigenvalue weighted by Crippen LogP contribution is -2.28. The number of pyridine rings is 1. The molecule has 8 nitrogen and oxygen atoms in total. The van der Waals surface area contributed by atoms with Crippen LogP contribution in [0.25, 0.3) is 32.9 Å². The molecule has 1 N–H and O–H groups in total. The first-order valence-electron chi connectivity index (χ1n) is 11.7. The summed E-state index contributed by atoms with van der Waals surface area (Å²) in [6.07, 6.45) is 6.80. The maximum Gasteiger partial charge on any atom is 0.156 e. The zero-order chi connectivity index (χ0) is 25.4. The Hall–Kier alpha value is -4.05. The SMILES string of the molecule is Bc1c(-c2cnn(C)c2)cc(O[C@H](C)CN(C)C)c2c(Nc3ccc4ncccc4c3F)ncnc12. The maximum absolute atomic E-state index is 15.4. The van der Waals surface area contributed by atoms with E-state index >= 15 is 4.39 Å². The number of halogens is 1. The first-order valence-corrected chi connectivity index (χ1v) is 11.7.